The SMILES string of the molecule is Cc1cccc(C2CC(=O)c3c(C)nn(-c4cccc(C)c4)c3C2)c1. The number of aromatic nitrogens is 2. The maximum absolute atomic E-state index is 12.8. The van der Waals surface area contributed by atoms with E-state index < -0.39 is 0 Å². The normalized spacial score (nSPS) is 16.8. The summed E-state index contributed by atoms with van der Waals surface area (Å²) < 4.78 is 1.97. The number of fused-ring (bicyclic) bond motifs is 1. The maximum atomic E-state index is 12.8. The van der Waals surface area contributed by atoms with E-state index in [0.717, 1.165) is 29.1 Å². The van der Waals surface area contributed by atoms with E-state index in [1.807, 2.05) is 17.7 Å². The van der Waals surface area contributed by atoms with Gasteiger partial charge in [0, 0.05) is 6.42 Å². The molecule has 2 aromatic carbocycles. The molecular formula is C22H22N2O. The van der Waals surface area contributed by atoms with E-state index >= 15 is 0 Å². The molecule has 126 valence electrons. The molecule has 0 saturated carbocycles. The first-order chi connectivity index (χ1) is 12.0. The van der Waals surface area contributed by atoms with E-state index in [1.54, 1.807) is 0 Å². The Bertz CT molecular complexity index is 968. The van der Waals surface area contributed by atoms with Gasteiger partial charge in [-0.1, -0.05) is 42.0 Å². The topological polar surface area (TPSA) is 34.9 Å². The van der Waals surface area contributed by atoms with Crippen LogP contribution in [0.2, 0.25) is 0 Å². The predicted octanol–water partition coefficient (Wildman–Crippen LogP) is 4.71. The smallest absolute Gasteiger partial charge is 0.167 e. The number of carbonyl (C=O) groups is 1. The van der Waals surface area contributed by atoms with Gasteiger partial charge in [-0.25, -0.2) is 4.68 Å². The molecular weight excluding hydrogens is 308 g/mol. The molecule has 1 heterocycles. The molecule has 3 heteroatoms. The molecule has 3 aromatic rings. The highest BCUT2D eigenvalue weighted by atomic mass is 16.1. The fraction of sp³-hybridized carbons (Fsp3) is 0.273. The van der Waals surface area contributed by atoms with Gasteiger partial charge in [0.1, 0.15) is 0 Å². The Balaban J connectivity index is 1.81. The minimum absolute atomic E-state index is 0.212. The van der Waals surface area contributed by atoms with Gasteiger partial charge in [-0.15, -0.1) is 0 Å². The van der Waals surface area contributed by atoms with Crippen LogP contribution >= 0.6 is 0 Å². The van der Waals surface area contributed by atoms with Gasteiger partial charge >= 0.3 is 0 Å². The molecule has 1 unspecified atom stereocenters. The fourth-order valence-electron chi connectivity index (χ4n) is 3.89. The third kappa shape index (κ3) is 2.80. The lowest BCUT2D eigenvalue weighted by Crippen LogP contribution is -2.20. The molecule has 25 heavy (non-hydrogen) atoms. The largest absolute Gasteiger partial charge is 0.294 e. The number of aryl methyl sites for hydroxylation is 3. The number of nitrogens with zero attached hydrogens (tertiary/aromatic N) is 2. The summed E-state index contributed by atoms with van der Waals surface area (Å²) in [6, 6.07) is 16.8. The quantitative estimate of drug-likeness (QED) is 0.682. The van der Waals surface area contributed by atoms with Crippen molar-refractivity contribution < 1.29 is 4.79 Å². The number of carbonyl (C=O) groups excluding carboxylic acids is 1. The van der Waals surface area contributed by atoms with Crippen LogP contribution in [0.5, 0.6) is 0 Å². The van der Waals surface area contributed by atoms with Crippen LogP contribution in [0.3, 0.4) is 0 Å². The van der Waals surface area contributed by atoms with E-state index in [1.165, 1.54) is 16.7 Å². The van der Waals surface area contributed by atoms with Crippen molar-refractivity contribution in [1.29, 1.82) is 0 Å². The summed E-state index contributed by atoms with van der Waals surface area (Å²) in [6.45, 7) is 6.11. The van der Waals surface area contributed by atoms with Gasteiger partial charge in [-0.05, 0) is 56.4 Å². The number of rotatable bonds is 2. The lowest BCUT2D eigenvalue weighted by atomic mass is 9.81. The van der Waals surface area contributed by atoms with E-state index in [0.29, 0.717) is 6.42 Å². The van der Waals surface area contributed by atoms with Gasteiger partial charge in [-0.2, -0.15) is 5.10 Å². The molecule has 0 N–H and O–H groups in total. The molecule has 0 amide bonds. The standard InChI is InChI=1S/C22H22N2O/c1-14-6-4-8-17(10-14)18-12-20-22(21(25)13-18)16(3)23-24(20)19-9-5-7-15(2)11-19/h4-11,18H,12-13H2,1-3H3. The minimum Gasteiger partial charge on any atom is -0.294 e. The van der Waals surface area contributed by atoms with Crippen LogP contribution in [0.4, 0.5) is 0 Å². The van der Waals surface area contributed by atoms with Gasteiger partial charge < -0.3 is 0 Å². The number of hydrogen-bond acceptors (Lipinski definition) is 2. The summed E-state index contributed by atoms with van der Waals surface area (Å²) in [4.78, 5) is 12.8. The summed E-state index contributed by atoms with van der Waals surface area (Å²) in [7, 11) is 0. The third-order valence-corrected chi connectivity index (χ3v) is 5.07. The van der Waals surface area contributed by atoms with Crippen molar-refractivity contribution in [1.82, 2.24) is 9.78 Å². The van der Waals surface area contributed by atoms with Gasteiger partial charge in [0.15, 0.2) is 5.78 Å². The average Bonchev–Trinajstić information content (AvgIpc) is 2.92. The Morgan fingerprint density at radius 2 is 1.68 bits per heavy atom. The van der Waals surface area contributed by atoms with E-state index in [-0.39, 0.29) is 11.7 Å². The molecule has 1 aliphatic rings. The first-order valence-corrected chi connectivity index (χ1v) is 8.78. The summed E-state index contributed by atoms with van der Waals surface area (Å²) in [6.07, 6.45) is 1.41. The van der Waals surface area contributed by atoms with Crippen molar-refractivity contribution in [3.63, 3.8) is 0 Å². The summed E-state index contributed by atoms with van der Waals surface area (Å²) >= 11 is 0. The van der Waals surface area contributed by atoms with Crippen LogP contribution in [0.1, 0.15) is 50.8 Å². The van der Waals surface area contributed by atoms with Crippen LogP contribution in [0.25, 0.3) is 5.69 Å². The second-order valence-corrected chi connectivity index (χ2v) is 7.10. The van der Waals surface area contributed by atoms with Crippen molar-refractivity contribution in [2.45, 2.75) is 39.5 Å². The Morgan fingerprint density at radius 1 is 0.960 bits per heavy atom. The molecule has 0 spiro atoms. The van der Waals surface area contributed by atoms with Gasteiger partial charge in [0.25, 0.3) is 0 Å². The van der Waals surface area contributed by atoms with Gasteiger partial charge in [0.05, 0.1) is 22.6 Å². The van der Waals surface area contributed by atoms with Crippen molar-refractivity contribution in [2.75, 3.05) is 0 Å². The molecule has 0 aliphatic heterocycles. The lowest BCUT2D eigenvalue weighted by molar-refractivity contribution is 0.0963. The minimum atomic E-state index is 0.212. The van der Waals surface area contributed by atoms with Gasteiger partial charge in [-0.3, -0.25) is 4.79 Å². The van der Waals surface area contributed by atoms with E-state index in [2.05, 4.69) is 56.3 Å². The molecule has 0 radical (unpaired) electrons. The summed E-state index contributed by atoms with van der Waals surface area (Å²) in [5.74, 6) is 0.434. The Hall–Kier alpha value is -2.68. The highest BCUT2D eigenvalue weighted by Gasteiger charge is 2.32. The molecule has 0 saturated heterocycles. The van der Waals surface area contributed by atoms with Gasteiger partial charge in [0.2, 0.25) is 0 Å². The molecule has 3 nitrogen and oxygen atoms in total. The molecule has 1 aliphatic carbocycles. The van der Waals surface area contributed by atoms with Crippen LogP contribution in [-0.4, -0.2) is 15.6 Å². The van der Waals surface area contributed by atoms with Crippen molar-refractivity contribution >= 4 is 5.78 Å². The van der Waals surface area contributed by atoms with Crippen LogP contribution in [0, 0.1) is 20.8 Å². The van der Waals surface area contributed by atoms with Crippen LogP contribution in [-0.2, 0) is 6.42 Å². The summed E-state index contributed by atoms with van der Waals surface area (Å²) in [5.41, 5.74) is 7.41. The second kappa shape index (κ2) is 5.99. The van der Waals surface area contributed by atoms with Crippen molar-refractivity contribution in [3.8, 4) is 5.69 Å². The fourth-order valence-corrected chi connectivity index (χ4v) is 3.89. The molecule has 1 aromatic heterocycles. The second-order valence-electron chi connectivity index (χ2n) is 7.10. The average molecular weight is 330 g/mol. The highest BCUT2D eigenvalue weighted by Crippen LogP contribution is 2.35. The van der Waals surface area contributed by atoms with Crippen molar-refractivity contribution in [3.05, 3.63) is 82.2 Å². The number of Topliss-reactive ketones (excluding diaryl/α,β-unsaturated/α-hetero) is 1. The zero-order valence-corrected chi connectivity index (χ0v) is 14.9. The zero-order valence-electron chi connectivity index (χ0n) is 14.9. The molecule has 1 atom stereocenters. The number of ketones is 1. The Kier molecular flexibility index (Phi) is 3.79. The molecule has 0 fully saturated rings. The first-order valence-electron chi connectivity index (χ1n) is 8.78. The predicted molar refractivity (Wildman–Crippen MR) is 99.6 cm³/mol. The van der Waals surface area contributed by atoms with Crippen molar-refractivity contribution in [2.24, 2.45) is 0 Å². The summed E-state index contributed by atoms with van der Waals surface area (Å²) in [5, 5.41) is 4.70. The van der Waals surface area contributed by atoms with E-state index in [9.17, 15) is 4.79 Å². The Labute approximate surface area is 148 Å². The number of hydrogen-bond donors (Lipinski definition) is 0. The first kappa shape index (κ1) is 15.8. The molecule has 4 rings (SSSR count). The lowest BCUT2D eigenvalue weighted by Gasteiger charge is -2.23. The monoisotopic (exact) mass is 330 g/mol. The van der Waals surface area contributed by atoms with E-state index in [4.69, 9.17) is 5.10 Å². The number of benzene rings is 2. The van der Waals surface area contributed by atoms with Crippen LogP contribution < -0.4 is 0 Å². The Morgan fingerprint density at radius 3 is 2.40 bits per heavy atom. The van der Waals surface area contributed by atoms with Crippen LogP contribution in [0.15, 0.2) is 48.5 Å². The highest BCUT2D eigenvalue weighted by molar-refractivity contribution is 6.00. The third-order valence-electron chi connectivity index (χ3n) is 5.07. The zero-order chi connectivity index (χ0) is 17.6. The maximum Gasteiger partial charge on any atom is 0.167 e. The molecule has 0 bridgehead atoms.